The number of aromatic nitrogens is 2. The maximum atomic E-state index is 12.9. The van der Waals surface area contributed by atoms with Crippen LogP contribution >= 0.6 is 11.5 Å². The van der Waals surface area contributed by atoms with Crippen LogP contribution in [-0.4, -0.2) is 21.8 Å². The third-order valence-electron chi connectivity index (χ3n) is 2.52. The molecule has 0 fully saturated rings. The maximum absolute atomic E-state index is 12.9. The van der Waals surface area contributed by atoms with Crippen molar-refractivity contribution < 1.29 is 23.0 Å². The number of fused-ring (bicyclic) bond motifs is 1. The van der Waals surface area contributed by atoms with Gasteiger partial charge in [0.1, 0.15) is 4.88 Å². The number of carbonyl (C=O) groups is 1. The Hall–Kier alpha value is -2.29. The van der Waals surface area contributed by atoms with Crippen molar-refractivity contribution in [3.63, 3.8) is 0 Å². The van der Waals surface area contributed by atoms with Crippen LogP contribution in [0.4, 0.5) is 14.5 Å². The monoisotopic (exact) mass is 299 g/mol. The minimum atomic E-state index is -3.68. The van der Waals surface area contributed by atoms with Gasteiger partial charge >= 0.3 is 6.29 Å². The van der Waals surface area contributed by atoms with E-state index in [0.717, 1.165) is 11.5 Å². The summed E-state index contributed by atoms with van der Waals surface area (Å²) in [5.41, 5.74) is 0.808. The highest BCUT2D eigenvalue weighted by molar-refractivity contribution is 7.08. The molecule has 0 unspecified atom stereocenters. The molecule has 1 amide bonds. The number of aryl methyl sites for hydroxylation is 1. The van der Waals surface area contributed by atoms with Crippen LogP contribution in [0.5, 0.6) is 11.5 Å². The number of carbonyl (C=O) groups excluding carboxylic acids is 1. The minimum absolute atomic E-state index is 0.0800. The van der Waals surface area contributed by atoms with Crippen molar-refractivity contribution in [2.24, 2.45) is 0 Å². The second kappa shape index (κ2) is 4.37. The van der Waals surface area contributed by atoms with E-state index in [1.165, 1.54) is 18.2 Å². The second-order valence-electron chi connectivity index (χ2n) is 3.97. The van der Waals surface area contributed by atoms with Gasteiger partial charge < -0.3 is 14.8 Å². The van der Waals surface area contributed by atoms with Crippen molar-refractivity contribution in [2.75, 3.05) is 5.32 Å². The smallest absolute Gasteiger partial charge is 0.395 e. The first-order valence-electron chi connectivity index (χ1n) is 5.45. The Morgan fingerprint density at radius 3 is 2.80 bits per heavy atom. The maximum Gasteiger partial charge on any atom is 0.586 e. The Balaban J connectivity index is 1.80. The lowest BCUT2D eigenvalue weighted by molar-refractivity contribution is -0.286. The highest BCUT2D eigenvalue weighted by Crippen LogP contribution is 2.42. The van der Waals surface area contributed by atoms with Gasteiger partial charge in [0.25, 0.3) is 5.91 Å². The third-order valence-corrected chi connectivity index (χ3v) is 3.34. The minimum Gasteiger partial charge on any atom is -0.395 e. The van der Waals surface area contributed by atoms with E-state index < -0.39 is 12.2 Å². The molecule has 6 nitrogen and oxygen atoms in total. The molecule has 0 bridgehead atoms. The van der Waals surface area contributed by atoms with Crippen LogP contribution in [0.15, 0.2) is 18.2 Å². The van der Waals surface area contributed by atoms with Crippen molar-refractivity contribution in [1.29, 1.82) is 0 Å². The van der Waals surface area contributed by atoms with E-state index in [1.807, 2.05) is 0 Å². The molecule has 1 aromatic heterocycles. The van der Waals surface area contributed by atoms with Gasteiger partial charge in [-0.1, -0.05) is 4.49 Å². The summed E-state index contributed by atoms with van der Waals surface area (Å²) in [4.78, 5) is 12.3. The molecule has 1 aliphatic heterocycles. The van der Waals surface area contributed by atoms with Gasteiger partial charge in [-0.15, -0.1) is 13.9 Å². The van der Waals surface area contributed by atoms with Crippen LogP contribution < -0.4 is 14.8 Å². The van der Waals surface area contributed by atoms with E-state index in [9.17, 15) is 13.6 Å². The molecule has 1 aliphatic rings. The standard InChI is InChI=1S/C11H7F2N3O3S/c1-5-9(20-16-15-5)10(17)14-6-2-3-7-8(4-6)19-11(12,13)18-7/h2-4H,1H3,(H,14,17). The average Bonchev–Trinajstić information content (AvgIpc) is 2.90. The van der Waals surface area contributed by atoms with Gasteiger partial charge in [0.2, 0.25) is 0 Å². The summed E-state index contributed by atoms with van der Waals surface area (Å²) in [6.45, 7) is 1.65. The topological polar surface area (TPSA) is 73.3 Å². The number of amides is 1. The zero-order chi connectivity index (χ0) is 14.3. The van der Waals surface area contributed by atoms with Crippen LogP contribution in [0.25, 0.3) is 0 Å². The SMILES string of the molecule is Cc1nnsc1C(=O)Nc1ccc2c(c1)OC(F)(F)O2. The average molecular weight is 299 g/mol. The number of alkyl halides is 2. The van der Waals surface area contributed by atoms with Gasteiger partial charge in [0.05, 0.1) is 5.69 Å². The molecular formula is C11H7F2N3O3S. The van der Waals surface area contributed by atoms with Crippen LogP contribution in [0.1, 0.15) is 15.4 Å². The molecule has 1 N–H and O–H groups in total. The summed E-state index contributed by atoms with van der Waals surface area (Å²) in [6.07, 6.45) is -3.68. The van der Waals surface area contributed by atoms with E-state index in [0.29, 0.717) is 16.3 Å². The van der Waals surface area contributed by atoms with Gasteiger partial charge in [-0.2, -0.15) is 0 Å². The zero-order valence-corrected chi connectivity index (χ0v) is 10.8. The van der Waals surface area contributed by atoms with Crippen LogP contribution in [-0.2, 0) is 0 Å². The third kappa shape index (κ3) is 2.27. The lowest BCUT2D eigenvalue weighted by atomic mass is 10.2. The molecule has 0 saturated heterocycles. The Labute approximate surface area is 115 Å². The second-order valence-corrected chi connectivity index (χ2v) is 4.72. The molecule has 0 aliphatic carbocycles. The van der Waals surface area contributed by atoms with Gasteiger partial charge in [-0.05, 0) is 30.6 Å². The number of hydrogen-bond acceptors (Lipinski definition) is 6. The van der Waals surface area contributed by atoms with Gasteiger partial charge in [-0.3, -0.25) is 4.79 Å². The molecule has 0 radical (unpaired) electrons. The van der Waals surface area contributed by atoms with E-state index >= 15 is 0 Å². The summed E-state index contributed by atoms with van der Waals surface area (Å²) in [6, 6.07) is 3.99. The Morgan fingerprint density at radius 1 is 1.35 bits per heavy atom. The molecule has 9 heteroatoms. The molecule has 3 rings (SSSR count). The molecule has 0 atom stereocenters. The highest BCUT2D eigenvalue weighted by Gasteiger charge is 2.43. The fraction of sp³-hybridized carbons (Fsp3) is 0.182. The number of benzene rings is 1. The molecule has 0 spiro atoms. The summed E-state index contributed by atoms with van der Waals surface area (Å²) in [5, 5.41) is 6.27. The lowest BCUT2D eigenvalue weighted by Crippen LogP contribution is -2.25. The number of halogens is 2. The van der Waals surface area contributed by atoms with E-state index in [4.69, 9.17) is 0 Å². The first kappa shape index (κ1) is 12.7. The fourth-order valence-electron chi connectivity index (χ4n) is 1.65. The predicted molar refractivity (Wildman–Crippen MR) is 65.2 cm³/mol. The van der Waals surface area contributed by atoms with Crippen molar-refractivity contribution >= 4 is 23.1 Å². The number of anilines is 1. The van der Waals surface area contributed by atoms with Crippen LogP contribution in [0.2, 0.25) is 0 Å². The van der Waals surface area contributed by atoms with Crippen LogP contribution in [0, 0.1) is 6.92 Å². The van der Waals surface area contributed by atoms with Crippen molar-refractivity contribution in [3.05, 3.63) is 28.8 Å². The van der Waals surface area contributed by atoms with Crippen LogP contribution in [0.3, 0.4) is 0 Å². The van der Waals surface area contributed by atoms with Gasteiger partial charge in [0, 0.05) is 11.8 Å². The Morgan fingerprint density at radius 2 is 2.10 bits per heavy atom. The summed E-state index contributed by atoms with van der Waals surface area (Å²) in [5.74, 6) is -0.626. The highest BCUT2D eigenvalue weighted by atomic mass is 32.1. The normalized spacial score (nSPS) is 15.2. The lowest BCUT2D eigenvalue weighted by Gasteiger charge is -2.05. The van der Waals surface area contributed by atoms with E-state index in [-0.39, 0.29) is 11.5 Å². The largest absolute Gasteiger partial charge is 0.586 e. The summed E-state index contributed by atoms with van der Waals surface area (Å²) in [7, 11) is 0. The molecule has 2 heterocycles. The van der Waals surface area contributed by atoms with Gasteiger partial charge in [-0.25, -0.2) is 0 Å². The first-order valence-corrected chi connectivity index (χ1v) is 6.22. The predicted octanol–water partition coefficient (Wildman–Crippen LogP) is 2.42. The Bertz CT molecular complexity index is 689. The number of hydrogen-bond donors (Lipinski definition) is 1. The molecule has 0 saturated carbocycles. The number of rotatable bonds is 2. The van der Waals surface area contributed by atoms with Crippen molar-refractivity contribution in [3.8, 4) is 11.5 Å². The molecule has 20 heavy (non-hydrogen) atoms. The fourth-order valence-corrected chi connectivity index (χ4v) is 2.21. The van der Waals surface area contributed by atoms with E-state index in [1.54, 1.807) is 6.92 Å². The molecular weight excluding hydrogens is 292 g/mol. The molecule has 104 valence electrons. The quantitative estimate of drug-likeness (QED) is 0.922. The summed E-state index contributed by atoms with van der Waals surface area (Å²) < 4.78 is 37.9. The van der Waals surface area contributed by atoms with Crippen molar-refractivity contribution in [1.82, 2.24) is 9.59 Å². The number of ether oxygens (including phenoxy) is 2. The van der Waals surface area contributed by atoms with E-state index in [2.05, 4.69) is 24.4 Å². The molecule has 1 aromatic carbocycles. The summed E-state index contributed by atoms with van der Waals surface area (Å²) >= 11 is 0.953. The number of nitrogens with one attached hydrogen (secondary N) is 1. The van der Waals surface area contributed by atoms with Gasteiger partial charge in [0.15, 0.2) is 11.5 Å². The van der Waals surface area contributed by atoms with Crippen molar-refractivity contribution in [2.45, 2.75) is 13.2 Å². The molecule has 2 aromatic rings. The zero-order valence-electron chi connectivity index (χ0n) is 10.0. The Kier molecular flexibility index (Phi) is 2.78. The first-order chi connectivity index (χ1) is 9.44. The number of nitrogens with zero attached hydrogens (tertiary/aromatic N) is 2.